The molecule has 6 nitrogen and oxygen atoms in total. The lowest BCUT2D eigenvalue weighted by atomic mass is 10.0. The van der Waals surface area contributed by atoms with Gasteiger partial charge in [-0.25, -0.2) is 0 Å². The molecule has 6 heteroatoms. The molecule has 1 atom stereocenters. The topological polar surface area (TPSA) is 101 Å². The normalized spacial score (nSPS) is 13.8. The Morgan fingerprint density at radius 2 is 2.24 bits per heavy atom. The summed E-state index contributed by atoms with van der Waals surface area (Å²) < 4.78 is 5.04. The summed E-state index contributed by atoms with van der Waals surface area (Å²) >= 11 is 0. The Bertz CT molecular complexity index is 423. The zero-order valence-corrected chi connectivity index (χ0v) is 10.1. The van der Waals surface area contributed by atoms with Crippen molar-refractivity contribution >= 4 is 11.7 Å². The van der Waals surface area contributed by atoms with Crippen LogP contribution in [-0.4, -0.2) is 23.0 Å². The highest BCUT2D eigenvalue weighted by molar-refractivity contribution is 5.98. The molecule has 0 aliphatic carbocycles. The van der Waals surface area contributed by atoms with Crippen molar-refractivity contribution in [3.63, 3.8) is 0 Å². The summed E-state index contributed by atoms with van der Waals surface area (Å²) in [6, 6.07) is 1.11. The van der Waals surface area contributed by atoms with Crippen molar-refractivity contribution in [1.29, 1.82) is 0 Å². The number of amidine groups is 1. The maximum absolute atomic E-state index is 11.8. The second-order valence-corrected chi connectivity index (χ2v) is 4.17. The van der Waals surface area contributed by atoms with Gasteiger partial charge in [0.25, 0.3) is 5.91 Å². The van der Waals surface area contributed by atoms with Crippen LogP contribution in [0.1, 0.15) is 30.0 Å². The van der Waals surface area contributed by atoms with Crippen LogP contribution in [0.4, 0.5) is 0 Å². The molecule has 4 N–H and O–H groups in total. The smallest absolute Gasteiger partial charge is 0.255 e. The third-order valence-corrected chi connectivity index (χ3v) is 2.38. The summed E-state index contributed by atoms with van der Waals surface area (Å²) in [4.78, 5) is 11.8. The Kier molecular flexibility index (Phi) is 4.14. The lowest BCUT2D eigenvalue weighted by Gasteiger charge is -2.20. The highest BCUT2D eigenvalue weighted by Crippen LogP contribution is 2.08. The maximum Gasteiger partial charge on any atom is 0.255 e. The van der Waals surface area contributed by atoms with E-state index in [1.807, 2.05) is 13.8 Å². The lowest BCUT2D eigenvalue weighted by molar-refractivity contribution is 0.0938. The third kappa shape index (κ3) is 3.24. The second kappa shape index (κ2) is 5.38. The van der Waals surface area contributed by atoms with Crippen molar-refractivity contribution in [1.82, 2.24) is 5.32 Å². The molecule has 1 rings (SSSR count). The first-order chi connectivity index (χ1) is 7.95. The number of rotatable bonds is 4. The molecule has 94 valence electrons. The number of amides is 1. The summed E-state index contributed by atoms with van der Waals surface area (Å²) in [6.45, 7) is 5.48. The highest BCUT2D eigenvalue weighted by Gasteiger charge is 2.21. The van der Waals surface area contributed by atoms with Crippen LogP contribution in [0.2, 0.25) is 0 Å². The Balaban J connectivity index is 2.78. The van der Waals surface area contributed by atoms with Gasteiger partial charge in [0, 0.05) is 0 Å². The number of hydrogen-bond acceptors (Lipinski definition) is 4. The third-order valence-electron chi connectivity index (χ3n) is 2.38. The summed E-state index contributed by atoms with van der Waals surface area (Å²) in [7, 11) is 0. The molecule has 0 fully saturated rings. The molecule has 0 radical (unpaired) electrons. The number of aryl methyl sites for hydroxylation is 1. The van der Waals surface area contributed by atoms with Crippen LogP contribution in [0.5, 0.6) is 0 Å². The number of furan rings is 1. The lowest BCUT2D eigenvalue weighted by Crippen LogP contribution is -2.47. The Morgan fingerprint density at radius 3 is 2.65 bits per heavy atom. The van der Waals surface area contributed by atoms with E-state index >= 15 is 0 Å². The first kappa shape index (κ1) is 13.1. The number of hydrogen-bond donors (Lipinski definition) is 3. The number of nitrogens with zero attached hydrogens (tertiary/aromatic N) is 1. The average Bonchev–Trinajstić information content (AvgIpc) is 2.71. The van der Waals surface area contributed by atoms with Crippen LogP contribution < -0.4 is 11.1 Å². The van der Waals surface area contributed by atoms with Gasteiger partial charge in [-0.3, -0.25) is 4.79 Å². The molecule has 0 bridgehead atoms. The van der Waals surface area contributed by atoms with Gasteiger partial charge in [-0.1, -0.05) is 19.0 Å². The molecule has 0 saturated heterocycles. The number of carbonyl (C=O) groups is 1. The molecule has 0 aliphatic heterocycles. The first-order valence-electron chi connectivity index (χ1n) is 5.29. The van der Waals surface area contributed by atoms with Crippen molar-refractivity contribution in [2.75, 3.05) is 0 Å². The van der Waals surface area contributed by atoms with Gasteiger partial charge in [0.1, 0.15) is 12.0 Å². The molecule has 0 saturated carbocycles. The fourth-order valence-electron chi connectivity index (χ4n) is 1.43. The monoisotopic (exact) mass is 239 g/mol. The van der Waals surface area contributed by atoms with Crippen molar-refractivity contribution in [3.05, 3.63) is 23.7 Å². The number of nitrogens with two attached hydrogens (primary N) is 1. The Hall–Kier alpha value is -1.98. The van der Waals surface area contributed by atoms with Gasteiger partial charge in [0.2, 0.25) is 0 Å². The van der Waals surface area contributed by atoms with Crippen LogP contribution in [-0.2, 0) is 0 Å². The van der Waals surface area contributed by atoms with Crippen LogP contribution in [0.15, 0.2) is 21.9 Å². The van der Waals surface area contributed by atoms with Gasteiger partial charge >= 0.3 is 0 Å². The van der Waals surface area contributed by atoms with Crippen LogP contribution >= 0.6 is 0 Å². The molecular formula is C11H17N3O3. The van der Waals surface area contributed by atoms with Crippen LogP contribution in [0.25, 0.3) is 0 Å². The van der Waals surface area contributed by atoms with Crippen molar-refractivity contribution in [2.45, 2.75) is 26.8 Å². The summed E-state index contributed by atoms with van der Waals surface area (Å²) in [5.41, 5.74) is 5.93. The van der Waals surface area contributed by atoms with Crippen molar-refractivity contribution in [3.8, 4) is 0 Å². The molecule has 0 spiro atoms. The van der Waals surface area contributed by atoms with Crippen molar-refractivity contribution in [2.24, 2.45) is 16.8 Å². The van der Waals surface area contributed by atoms with E-state index in [1.165, 1.54) is 6.26 Å². The fraction of sp³-hybridized carbons (Fsp3) is 0.455. The van der Waals surface area contributed by atoms with Gasteiger partial charge < -0.3 is 20.7 Å². The predicted octanol–water partition coefficient (Wildman–Crippen LogP) is 1.09. The molecule has 0 aliphatic rings. The molecule has 1 unspecified atom stereocenters. The van der Waals surface area contributed by atoms with E-state index in [1.54, 1.807) is 13.0 Å². The number of carbonyl (C=O) groups excluding carboxylic acids is 1. The minimum absolute atomic E-state index is 0.0165. The van der Waals surface area contributed by atoms with Crippen LogP contribution in [0, 0.1) is 12.8 Å². The largest absolute Gasteiger partial charge is 0.469 e. The molecule has 17 heavy (non-hydrogen) atoms. The summed E-state index contributed by atoms with van der Waals surface area (Å²) in [5.74, 6) is 0.337. The quantitative estimate of drug-likeness (QED) is 0.317. The molecule has 0 aromatic carbocycles. The fourth-order valence-corrected chi connectivity index (χ4v) is 1.43. The Morgan fingerprint density at radius 1 is 1.59 bits per heavy atom. The minimum Gasteiger partial charge on any atom is -0.469 e. The van der Waals surface area contributed by atoms with E-state index in [4.69, 9.17) is 15.4 Å². The van der Waals surface area contributed by atoms with Gasteiger partial charge in [0.05, 0.1) is 11.6 Å². The van der Waals surface area contributed by atoms with E-state index in [9.17, 15) is 4.79 Å². The first-order valence-corrected chi connectivity index (χ1v) is 5.29. The van der Waals surface area contributed by atoms with Gasteiger partial charge in [-0.15, -0.1) is 0 Å². The highest BCUT2D eigenvalue weighted by atomic mass is 16.4. The van der Waals surface area contributed by atoms with E-state index < -0.39 is 6.04 Å². The summed E-state index contributed by atoms with van der Waals surface area (Å²) in [5, 5.41) is 14.2. The molecule has 1 heterocycles. The SMILES string of the molecule is Cc1cc(C(=O)NC(C(N)=NO)C(C)C)co1. The maximum atomic E-state index is 11.8. The van der Waals surface area contributed by atoms with Gasteiger partial charge in [0.15, 0.2) is 5.84 Å². The van der Waals surface area contributed by atoms with E-state index in [0.717, 1.165) is 0 Å². The zero-order chi connectivity index (χ0) is 13.0. The number of oxime groups is 1. The number of nitrogens with one attached hydrogen (secondary N) is 1. The van der Waals surface area contributed by atoms with Crippen molar-refractivity contribution < 1.29 is 14.4 Å². The van der Waals surface area contributed by atoms with E-state index in [-0.39, 0.29) is 17.7 Å². The zero-order valence-electron chi connectivity index (χ0n) is 10.1. The van der Waals surface area contributed by atoms with Crippen LogP contribution in [0.3, 0.4) is 0 Å². The molecule has 1 aromatic rings. The average molecular weight is 239 g/mol. The van der Waals surface area contributed by atoms with E-state index in [2.05, 4.69) is 10.5 Å². The van der Waals surface area contributed by atoms with Gasteiger partial charge in [-0.05, 0) is 18.9 Å². The van der Waals surface area contributed by atoms with E-state index in [0.29, 0.717) is 11.3 Å². The minimum atomic E-state index is -0.511. The summed E-state index contributed by atoms with van der Waals surface area (Å²) in [6.07, 6.45) is 1.37. The van der Waals surface area contributed by atoms with Gasteiger partial charge in [-0.2, -0.15) is 0 Å². The molecule has 1 aromatic heterocycles. The second-order valence-electron chi connectivity index (χ2n) is 4.17. The molecular weight excluding hydrogens is 222 g/mol. The predicted molar refractivity (Wildman–Crippen MR) is 62.9 cm³/mol. The Labute approximate surface area is 99.5 Å². The standard InChI is InChI=1S/C11H17N3O3/c1-6(2)9(10(12)14-16)13-11(15)8-4-7(3)17-5-8/h4-6,9,16H,1-3H3,(H2,12,14)(H,13,15). The molecule has 1 amide bonds.